The van der Waals surface area contributed by atoms with Gasteiger partial charge in [-0.25, -0.2) is 4.79 Å². The second kappa shape index (κ2) is 5.81. The summed E-state index contributed by atoms with van der Waals surface area (Å²) in [6.07, 6.45) is -0.0226. The van der Waals surface area contributed by atoms with Crippen LogP contribution >= 0.6 is 0 Å². The van der Waals surface area contributed by atoms with Crippen molar-refractivity contribution in [1.82, 2.24) is 5.32 Å². The Hall–Kier alpha value is -1.63. The van der Waals surface area contributed by atoms with Gasteiger partial charge >= 0.3 is 17.9 Å². The summed E-state index contributed by atoms with van der Waals surface area (Å²) < 4.78 is 13.9. The molecule has 1 saturated heterocycles. The summed E-state index contributed by atoms with van der Waals surface area (Å²) in [5.74, 6) is -3.04. The SMILES string of the molecule is CCOC(=O)C1(CC(C(=O)OC)C(=O)OC)CN1. The van der Waals surface area contributed by atoms with Crippen molar-refractivity contribution in [2.75, 3.05) is 27.4 Å². The third kappa shape index (κ3) is 2.98. The zero-order chi connectivity index (χ0) is 13.8. The first kappa shape index (κ1) is 14.4. The van der Waals surface area contributed by atoms with E-state index in [2.05, 4.69) is 14.8 Å². The van der Waals surface area contributed by atoms with E-state index in [-0.39, 0.29) is 13.0 Å². The van der Waals surface area contributed by atoms with Gasteiger partial charge in [-0.2, -0.15) is 0 Å². The van der Waals surface area contributed by atoms with Gasteiger partial charge in [-0.15, -0.1) is 0 Å². The lowest BCUT2D eigenvalue weighted by Gasteiger charge is -2.17. The van der Waals surface area contributed by atoms with E-state index in [1.54, 1.807) is 6.92 Å². The van der Waals surface area contributed by atoms with Crippen LogP contribution in [-0.2, 0) is 28.6 Å². The monoisotopic (exact) mass is 259 g/mol. The van der Waals surface area contributed by atoms with Crippen LogP contribution in [-0.4, -0.2) is 50.8 Å². The quantitative estimate of drug-likeness (QED) is 0.289. The maximum absolute atomic E-state index is 11.7. The molecule has 0 saturated carbocycles. The first-order valence-electron chi connectivity index (χ1n) is 5.58. The minimum Gasteiger partial charge on any atom is -0.468 e. The number of ether oxygens (including phenoxy) is 3. The predicted molar refractivity (Wildman–Crippen MR) is 59.5 cm³/mol. The second-order valence-electron chi connectivity index (χ2n) is 3.96. The zero-order valence-electron chi connectivity index (χ0n) is 10.6. The molecule has 7 heteroatoms. The number of carbonyl (C=O) groups excluding carboxylic acids is 3. The Morgan fingerprint density at radius 1 is 1.22 bits per heavy atom. The number of hydrogen-bond acceptors (Lipinski definition) is 7. The van der Waals surface area contributed by atoms with Crippen molar-refractivity contribution in [3.8, 4) is 0 Å². The van der Waals surface area contributed by atoms with Gasteiger partial charge in [0.05, 0.1) is 20.8 Å². The standard InChI is InChI=1S/C11H17NO6/c1-4-18-10(15)11(6-12-11)5-7(8(13)16-2)9(14)17-3/h7,12H,4-6H2,1-3H3. The summed E-state index contributed by atoms with van der Waals surface area (Å²) >= 11 is 0. The van der Waals surface area contributed by atoms with E-state index < -0.39 is 29.4 Å². The smallest absolute Gasteiger partial charge is 0.327 e. The van der Waals surface area contributed by atoms with E-state index in [9.17, 15) is 14.4 Å². The van der Waals surface area contributed by atoms with E-state index in [1.165, 1.54) is 14.2 Å². The Morgan fingerprint density at radius 2 is 1.72 bits per heavy atom. The average Bonchev–Trinajstić information content (AvgIpc) is 3.15. The minimum absolute atomic E-state index is 0.0226. The van der Waals surface area contributed by atoms with Crippen molar-refractivity contribution >= 4 is 17.9 Å². The van der Waals surface area contributed by atoms with Gasteiger partial charge in [0.1, 0.15) is 5.54 Å². The first-order chi connectivity index (χ1) is 8.50. The van der Waals surface area contributed by atoms with Crippen LogP contribution in [0.5, 0.6) is 0 Å². The lowest BCUT2D eigenvalue weighted by Crippen LogP contribution is -2.38. The maximum Gasteiger partial charge on any atom is 0.327 e. The Labute approximate surface area is 105 Å². The van der Waals surface area contributed by atoms with Gasteiger partial charge in [-0.3, -0.25) is 14.9 Å². The summed E-state index contributed by atoms with van der Waals surface area (Å²) in [5, 5.41) is 2.83. The molecule has 0 bridgehead atoms. The lowest BCUT2D eigenvalue weighted by atomic mass is 9.94. The van der Waals surface area contributed by atoms with Crippen LogP contribution in [0.2, 0.25) is 0 Å². The highest BCUT2D eigenvalue weighted by Gasteiger charge is 2.54. The van der Waals surface area contributed by atoms with E-state index in [0.29, 0.717) is 6.54 Å². The molecule has 0 spiro atoms. The number of nitrogens with one attached hydrogen (secondary N) is 1. The predicted octanol–water partition coefficient (Wildman–Crippen LogP) is -0.756. The van der Waals surface area contributed by atoms with E-state index >= 15 is 0 Å². The van der Waals surface area contributed by atoms with Crippen molar-refractivity contribution in [3.05, 3.63) is 0 Å². The molecular formula is C11H17NO6. The van der Waals surface area contributed by atoms with E-state index in [0.717, 1.165) is 0 Å². The lowest BCUT2D eigenvalue weighted by molar-refractivity contribution is -0.160. The molecule has 0 aromatic rings. The number of carbonyl (C=O) groups is 3. The van der Waals surface area contributed by atoms with Crippen LogP contribution < -0.4 is 5.32 Å². The molecule has 7 nitrogen and oxygen atoms in total. The van der Waals surface area contributed by atoms with Crippen LogP contribution in [0, 0.1) is 5.92 Å². The average molecular weight is 259 g/mol. The summed E-state index contributed by atoms with van der Waals surface area (Å²) in [6, 6.07) is 0. The summed E-state index contributed by atoms with van der Waals surface area (Å²) in [5.41, 5.74) is -0.969. The molecule has 0 radical (unpaired) electrons. The van der Waals surface area contributed by atoms with Crippen LogP contribution in [0.1, 0.15) is 13.3 Å². The molecule has 1 aliphatic rings. The maximum atomic E-state index is 11.7. The van der Waals surface area contributed by atoms with Gasteiger partial charge in [0.25, 0.3) is 0 Å². The minimum atomic E-state index is -1.13. The number of rotatable bonds is 6. The van der Waals surface area contributed by atoms with E-state index in [4.69, 9.17) is 4.74 Å². The molecule has 0 aromatic heterocycles. The molecule has 18 heavy (non-hydrogen) atoms. The van der Waals surface area contributed by atoms with Crippen molar-refractivity contribution in [2.24, 2.45) is 5.92 Å². The van der Waals surface area contributed by atoms with Gasteiger partial charge in [-0.1, -0.05) is 0 Å². The van der Waals surface area contributed by atoms with Gasteiger partial charge in [0.15, 0.2) is 5.92 Å². The molecule has 0 aromatic carbocycles. The number of methoxy groups -OCH3 is 2. The molecule has 1 fully saturated rings. The van der Waals surface area contributed by atoms with Crippen LogP contribution in [0.15, 0.2) is 0 Å². The number of esters is 3. The molecule has 1 N–H and O–H groups in total. The third-order valence-corrected chi connectivity index (χ3v) is 2.79. The van der Waals surface area contributed by atoms with Gasteiger partial charge in [-0.05, 0) is 6.92 Å². The molecule has 1 atom stereocenters. The molecule has 1 aliphatic heterocycles. The number of hydrogen-bond donors (Lipinski definition) is 1. The van der Waals surface area contributed by atoms with Crippen LogP contribution in [0.4, 0.5) is 0 Å². The van der Waals surface area contributed by atoms with Crippen molar-refractivity contribution < 1.29 is 28.6 Å². The largest absolute Gasteiger partial charge is 0.468 e. The molecule has 1 heterocycles. The molecule has 0 aliphatic carbocycles. The summed E-state index contributed by atoms with van der Waals surface area (Å²) in [4.78, 5) is 34.7. The normalized spacial score (nSPS) is 21.3. The molecule has 1 rings (SSSR count). The second-order valence-corrected chi connectivity index (χ2v) is 3.96. The third-order valence-electron chi connectivity index (χ3n) is 2.79. The van der Waals surface area contributed by atoms with Gasteiger partial charge < -0.3 is 14.2 Å². The molecule has 102 valence electrons. The highest BCUT2D eigenvalue weighted by atomic mass is 16.5. The summed E-state index contributed by atoms with van der Waals surface area (Å²) in [6.45, 7) is 2.30. The fraction of sp³-hybridized carbons (Fsp3) is 0.727. The fourth-order valence-corrected chi connectivity index (χ4v) is 1.64. The Bertz CT molecular complexity index is 333. The van der Waals surface area contributed by atoms with Crippen molar-refractivity contribution in [1.29, 1.82) is 0 Å². The Kier molecular flexibility index (Phi) is 4.66. The molecule has 1 unspecified atom stereocenters. The van der Waals surface area contributed by atoms with Crippen molar-refractivity contribution in [3.63, 3.8) is 0 Å². The van der Waals surface area contributed by atoms with Crippen LogP contribution in [0.3, 0.4) is 0 Å². The highest BCUT2D eigenvalue weighted by molar-refractivity contribution is 5.96. The van der Waals surface area contributed by atoms with Crippen LogP contribution in [0.25, 0.3) is 0 Å². The van der Waals surface area contributed by atoms with Gasteiger partial charge in [0, 0.05) is 13.0 Å². The highest BCUT2D eigenvalue weighted by Crippen LogP contribution is 2.29. The first-order valence-corrected chi connectivity index (χ1v) is 5.58. The molecular weight excluding hydrogens is 242 g/mol. The van der Waals surface area contributed by atoms with Gasteiger partial charge in [0.2, 0.25) is 0 Å². The van der Waals surface area contributed by atoms with Crippen molar-refractivity contribution in [2.45, 2.75) is 18.9 Å². The topological polar surface area (TPSA) is 101 Å². The summed E-state index contributed by atoms with van der Waals surface area (Å²) in [7, 11) is 2.35. The van der Waals surface area contributed by atoms with E-state index in [1.807, 2.05) is 0 Å². The Morgan fingerprint density at radius 3 is 2.06 bits per heavy atom. The Balaban J connectivity index is 2.75. The molecule has 0 amide bonds. The zero-order valence-corrected chi connectivity index (χ0v) is 10.6. The fourth-order valence-electron chi connectivity index (χ4n) is 1.64.